The predicted octanol–water partition coefficient (Wildman–Crippen LogP) is 2.78. The van der Waals surface area contributed by atoms with Crippen LogP contribution in [0, 0.1) is 0 Å². The summed E-state index contributed by atoms with van der Waals surface area (Å²) < 4.78 is 28.4. The molecule has 0 heterocycles. The zero-order valence-electron chi connectivity index (χ0n) is 15.5. The van der Waals surface area contributed by atoms with Crippen molar-refractivity contribution in [3.05, 3.63) is 24.3 Å². The number of guanidine groups is 1. The van der Waals surface area contributed by atoms with E-state index < -0.39 is 9.84 Å². The minimum atomic E-state index is -3.17. The number of aliphatic imine (C=N–C) groups is 1. The Morgan fingerprint density at radius 3 is 2.40 bits per heavy atom. The Bertz CT molecular complexity index is 619. The van der Waals surface area contributed by atoms with E-state index in [0.717, 1.165) is 31.9 Å². The first kappa shape index (κ1) is 24.0. The second kappa shape index (κ2) is 12.3. The van der Waals surface area contributed by atoms with Gasteiger partial charge in [0.1, 0.15) is 12.4 Å². The summed E-state index contributed by atoms with van der Waals surface area (Å²) in [5, 5.41) is 3.27. The van der Waals surface area contributed by atoms with Crippen molar-refractivity contribution in [2.24, 2.45) is 4.99 Å². The molecule has 0 bridgehead atoms. The maximum Gasteiger partial charge on any atom is 0.193 e. The molecule has 0 atom stereocenters. The van der Waals surface area contributed by atoms with Crippen LogP contribution in [-0.2, 0) is 9.84 Å². The Morgan fingerprint density at radius 1 is 1.24 bits per heavy atom. The number of unbranched alkanes of at least 4 members (excludes halogenated alkanes) is 1. The number of hydrogen-bond donors (Lipinski definition) is 1. The molecule has 0 aliphatic heterocycles. The van der Waals surface area contributed by atoms with Gasteiger partial charge in [0, 0.05) is 26.4 Å². The highest BCUT2D eigenvalue weighted by molar-refractivity contribution is 14.0. The summed E-state index contributed by atoms with van der Waals surface area (Å²) in [4.78, 5) is 6.96. The van der Waals surface area contributed by atoms with E-state index in [9.17, 15) is 8.42 Å². The molecule has 0 aliphatic rings. The Balaban J connectivity index is 0.00000576. The average Bonchev–Trinajstić information content (AvgIpc) is 2.55. The zero-order chi connectivity index (χ0) is 18.0. The molecule has 8 heteroatoms. The molecule has 1 aromatic carbocycles. The van der Waals surface area contributed by atoms with Crippen LogP contribution in [0.2, 0.25) is 0 Å². The van der Waals surface area contributed by atoms with Crippen LogP contribution < -0.4 is 10.1 Å². The lowest BCUT2D eigenvalue weighted by Gasteiger charge is -2.21. The van der Waals surface area contributed by atoms with E-state index in [1.165, 1.54) is 6.26 Å². The van der Waals surface area contributed by atoms with E-state index in [4.69, 9.17) is 4.74 Å². The number of ether oxygens (including phenoxy) is 1. The number of halogens is 1. The quantitative estimate of drug-likeness (QED) is 0.253. The highest BCUT2D eigenvalue weighted by atomic mass is 127. The fourth-order valence-corrected chi connectivity index (χ4v) is 2.70. The maximum absolute atomic E-state index is 11.4. The van der Waals surface area contributed by atoms with E-state index in [0.29, 0.717) is 23.8 Å². The van der Waals surface area contributed by atoms with Crippen LogP contribution in [0.5, 0.6) is 5.75 Å². The number of sulfone groups is 1. The van der Waals surface area contributed by atoms with Crippen molar-refractivity contribution in [3.63, 3.8) is 0 Å². The molecule has 1 N–H and O–H groups in total. The molecule has 6 nitrogen and oxygen atoms in total. The fraction of sp³-hybridized carbons (Fsp3) is 0.588. The predicted molar refractivity (Wildman–Crippen MR) is 114 cm³/mol. The number of benzene rings is 1. The monoisotopic (exact) mass is 483 g/mol. The largest absolute Gasteiger partial charge is 0.492 e. The number of nitrogens with zero attached hydrogens (tertiary/aromatic N) is 2. The summed E-state index contributed by atoms with van der Waals surface area (Å²) >= 11 is 0. The number of rotatable bonds is 9. The summed E-state index contributed by atoms with van der Waals surface area (Å²) in [5.74, 6) is 1.52. The Kier molecular flexibility index (Phi) is 11.8. The molecule has 0 fully saturated rings. The summed E-state index contributed by atoms with van der Waals surface area (Å²) in [7, 11) is -1.14. The lowest BCUT2D eigenvalue weighted by atomic mass is 10.3. The van der Waals surface area contributed by atoms with Crippen LogP contribution in [0.3, 0.4) is 0 Å². The molecule has 1 aromatic rings. The molecule has 0 aromatic heterocycles. The van der Waals surface area contributed by atoms with Gasteiger partial charge in [-0.3, -0.25) is 0 Å². The first-order chi connectivity index (χ1) is 11.4. The van der Waals surface area contributed by atoms with Crippen LogP contribution in [0.25, 0.3) is 0 Å². The highest BCUT2D eigenvalue weighted by Gasteiger charge is 2.07. The lowest BCUT2D eigenvalue weighted by molar-refractivity contribution is 0.327. The van der Waals surface area contributed by atoms with Gasteiger partial charge in [-0.1, -0.05) is 13.3 Å². The normalized spacial score (nSPS) is 11.6. The third-order valence-electron chi connectivity index (χ3n) is 3.42. The second-order valence-corrected chi connectivity index (χ2v) is 7.62. The molecular weight excluding hydrogens is 453 g/mol. The van der Waals surface area contributed by atoms with E-state index in [1.807, 2.05) is 14.0 Å². The maximum atomic E-state index is 11.4. The van der Waals surface area contributed by atoms with E-state index in [2.05, 4.69) is 22.1 Å². The van der Waals surface area contributed by atoms with E-state index in [-0.39, 0.29) is 24.0 Å². The first-order valence-corrected chi connectivity index (χ1v) is 10.2. The minimum absolute atomic E-state index is 0. The molecule has 1 rings (SSSR count). The average molecular weight is 483 g/mol. The van der Waals surface area contributed by atoms with Gasteiger partial charge in [-0.25, -0.2) is 13.4 Å². The van der Waals surface area contributed by atoms with Crippen LogP contribution in [0.1, 0.15) is 26.7 Å². The molecule has 0 spiro atoms. The van der Waals surface area contributed by atoms with Crippen molar-refractivity contribution < 1.29 is 13.2 Å². The molecule has 0 saturated carbocycles. The molecular formula is C17H30IN3O3S. The van der Waals surface area contributed by atoms with Gasteiger partial charge in [0.2, 0.25) is 0 Å². The lowest BCUT2D eigenvalue weighted by Crippen LogP contribution is -2.39. The first-order valence-electron chi connectivity index (χ1n) is 8.30. The van der Waals surface area contributed by atoms with Gasteiger partial charge in [-0.2, -0.15) is 0 Å². The van der Waals surface area contributed by atoms with Gasteiger partial charge in [-0.05, 0) is 37.6 Å². The molecule has 144 valence electrons. The molecule has 0 radical (unpaired) electrons. The van der Waals surface area contributed by atoms with Gasteiger partial charge in [0.05, 0.1) is 11.4 Å². The topological polar surface area (TPSA) is 71.0 Å². The van der Waals surface area contributed by atoms with Crippen molar-refractivity contribution in [3.8, 4) is 5.75 Å². The molecule has 0 amide bonds. The Morgan fingerprint density at radius 2 is 1.88 bits per heavy atom. The smallest absolute Gasteiger partial charge is 0.193 e. The minimum Gasteiger partial charge on any atom is -0.492 e. The molecule has 0 aliphatic carbocycles. The van der Waals surface area contributed by atoms with Gasteiger partial charge >= 0.3 is 0 Å². The van der Waals surface area contributed by atoms with Crippen molar-refractivity contribution in [1.29, 1.82) is 0 Å². The molecule has 25 heavy (non-hydrogen) atoms. The molecule has 0 unspecified atom stereocenters. The standard InChI is InChI=1S/C17H29N3O3S.HI/c1-5-7-13-20(3)17(18-6-2)19-12-14-23-15-8-10-16(11-9-15)24(4,21)22;/h8-11H,5-7,12-14H2,1-4H3,(H,18,19);1H. The van der Waals surface area contributed by atoms with E-state index in [1.54, 1.807) is 24.3 Å². The van der Waals surface area contributed by atoms with Crippen molar-refractivity contribution in [1.82, 2.24) is 10.2 Å². The van der Waals surface area contributed by atoms with Crippen LogP contribution >= 0.6 is 24.0 Å². The number of hydrogen-bond acceptors (Lipinski definition) is 4. The summed E-state index contributed by atoms with van der Waals surface area (Å²) in [6.07, 6.45) is 3.47. The summed E-state index contributed by atoms with van der Waals surface area (Å²) in [6, 6.07) is 6.43. The van der Waals surface area contributed by atoms with Gasteiger partial charge < -0.3 is 15.0 Å². The Labute approximate surface area is 169 Å². The summed E-state index contributed by atoms with van der Waals surface area (Å²) in [6.45, 7) is 6.98. The second-order valence-electron chi connectivity index (χ2n) is 5.60. The van der Waals surface area contributed by atoms with Crippen LogP contribution in [0.15, 0.2) is 34.2 Å². The SMILES string of the molecule is CCCCN(C)C(=NCCOc1ccc(S(C)(=O)=O)cc1)NCC.I. The van der Waals surface area contributed by atoms with Gasteiger partial charge in [0.25, 0.3) is 0 Å². The fourth-order valence-electron chi connectivity index (χ4n) is 2.07. The third kappa shape index (κ3) is 9.29. The Hall–Kier alpha value is -1.03. The van der Waals surface area contributed by atoms with Crippen molar-refractivity contribution in [2.75, 3.05) is 39.5 Å². The van der Waals surface area contributed by atoms with Crippen LogP contribution in [-0.4, -0.2) is 58.8 Å². The zero-order valence-corrected chi connectivity index (χ0v) is 18.6. The van der Waals surface area contributed by atoms with Crippen molar-refractivity contribution in [2.45, 2.75) is 31.6 Å². The third-order valence-corrected chi connectivity index (χ3v) is 4.55. The summed E-state index contributed by atoms with van der Waals surface area (Å²) in [5.41, 5.74) is 0. The van der Waals surface area contributed by atoms with Gasteiger partial charge in [0.15, 0.2) is 15.8 Å². The highest BCUT2D eigenvalue weighted by Crippen LogP contribution is 2.15. The van der Waals surface area contributed by atoms with Crippen molar-refractivity contribution >= 4 is 39.8 Å². The van der Waals surface area contributed by atoms with Gasteiger partial charge in [-0.15, -0.1) is 24.0 Å². The van der Waals surface area contributed by atoms with E-state index >= 15 is 0 Å². The van der Waals surface area contributed by atoms with Crippen LogP contribution in [0.4, 0.5) is 0 Å². The molecule has 0 saturated heterocycles. The number of nitrogens with one attached hydrogen (secondary N) is 1.